The number of aryl methyl sites for hydroxylation is 2. The lowest BCUT2D eigenvalue weighted by atomic mass is 9.85. The van der Waals surface area contributed by atoms with E-state index in [1.54, 1.807) is 12.1 Å². The van der Waals surface area contributed by atoms with Crippen molar-refractivity contribution in [1.82, 2.24) is 25.2 Å². The molecule has 208 valence electrons. The number of sulfonamides is 1. The van der Waals surface area contributed by atoms with Gasteiger partial charge in [-0.05, 0) is 61.9 Å². The normalized spacial score (nSPS) is 22.6. The second-order valence-corrected chi connectivity index (χ2v) is 12.5. The minimum atomic E-state index is -4.01. The molecule has 3 N–H and O–H groups in total. The molecule has 0 aromatic heterocycles. The van der Waals surface area contributed by atoms with E-state index in [1.807, 2.05) is 6.92 Å². The van der Waals surface area contributed by atoms with Crippen molar-refractivity contribution < 1.29 is 18.0 Å². The number of hydrogen-bond donors (Lipinski definition) is 3. The Labute approximate surface area is 230 Å². The Balaban J connectivity index is 1.29. The topological polar surface area (TPSA) is 111 Å². The number of nitrogens with one attached hydrogen (secondary N) is 3. The molecule has 2 heterocycles. The summed E-state index contributed by atoms with van der Waals surface area (Å²) in [7, 11) is -4.01. The Bertz CT molecular complexity index is 1350. The van der Waals surface area contributed by atoms with E-state index in [0.29, 0.717) is 6.04 Å². The lowest BCUT2D eigenvalue weighted by Gasteiger charge is -2.34. The first-order valence-corrected chi connectivity index (χ1v) is 15.1. The lowest BCUT2D eigenvalue weighted by molar-refractivity contribution is -0.129. The Hall–Kier alpha value is -3.21. The zero-order chi connectivity index (χ0) is 27.6. The molecule has 0 spiro atoms. The smallest absolute Gasteiger partial charge is 0.264 e. The number of benzene rings is 2. The number of carbonyl (C=O) groups excluding carboxylic acids is 2. The second kappa shape index (κ2) is 11.5. The van der Waals surface area contributed by atoms with Gasteiger partial charge in [-0.1, -0.05) is 35.9 Å². The highest BCUT2D eigenvalue weighted by Crippen LogP contribution is 2.33. The number of nitrogens with zero attached hydrogens (tertiary/aromatic N) is 2. The zero-order valence-corrected chi connectivity index (χ0v) is 23.3. The van der Waals surface area contributed by atoms with E-state index < -0.39 is 22.0 Å². The van der Waals surface area contributed by atoms with Crippen LogP contribution in [-0.4, -0.2) is 61.7 Å². The standard InChI is InChI=1S/C29H37N5O4S/c1-20-6-9-24(10-7-20)39(37,38)34-17-14-31-29(36)27(34)19-28(35)32-26-5-3-4-23-18-22(8-11-25(23)26)21(2)33-15-12-30-13-16-33/h6-11,14,17-18,21,26-27,30H,3-5,12-13,15-16,19H2,1-2H3,(H,31,36)(H,32,35)/t21?,26-,27-/m1/s1. The molecule has 1 unspecified atom stereocenters. The summed E-state index contributed by atoms with van der Waals surface area (Å²) in [6.45, 7) is 8.17. The average molecular weight is 552 g/mol. The predicted octanol–water partition coefficient (Wildman–Crippen LogP) is 2.51. The summed E-state index contributed by atoms with van der Waals surface area (Å²) in [5.74, 6) is -0.885. The first-order valence-electron chi connectivity index (χ1n) is 13.7. The van der Waals surface area contributed by atoms with Gasteiger partial charge in [-0.25, -0.2) is 8.42 Å². The summed E-state index contributed by atoms with van der Waals surface area (Å²) < 4.78 is 27.7. The van der Waals surface area contributed by atoms with Gasteiger partial charge in [-0.3, -0.25) is 18.8 Å². The molecule has 0 bridgehead atoms. The summed E-state index contributed by atoms with van der Waals surface area (Å²) in [6.07, 6.45) is 5.04. The zero-order valence-electron chi connectivity index (χ0n) is 22.5. The molecule has 2 aromatic carbocycles. The minimum Gasteiger partial charge on any atom is -0.349 e. The molecule has 2 amide bonds. The maximum atomic E-state index is 13.3. The Morgan fingerprint density at radius 2 is 1.87 bits per heavy atom. The number of amides is 2. The van der Waals surface area contributed by atoms with Gasteiger partial charge >= 0.3 is 0 Å². The van der Waals surface area contributed by atoms with Gasteiger partial charge in [-0.2, -0.15) is 0 Å². The molecule has 3 atom stereocenters. The van der Waals surface area contributed by atoms with Crippen LogP contribution in [0.25, 0.3) is 0 Å². The van der Waals surface area contributed by atoms with Crippen LogP contribution >= 0.6 is 0 Å². The van der Waals surface area contributed by atoms with Crippen molar-refractivity contribution in [2.45, 2.75) is 62.6 Å². The highest BCUT2D eigenvalue weighted by molar-refractivity contribution is 7.89. The molecule has 1 saturated heterocycles. The molecule has 2 aliphatic heterocycles. The summed E-state index contributed by atoms with van der Waals surface area (Å²) >= 11 is 0. The predicted molar refractivity (Wildman–Crippen MR) is 149 cm³/mol. The molecule has 9 nitrogen and oxygen atoms in total. The van der Waals surface area contributed by atoms with Crippen molar-refractivity contribution in [3.05, 3.63) is 77.1 Å². The summed E-state index contributed by atoms with van der Waals surface area (Å²) in [4.78, 5) is 28.5. The van der Waals surface area contributed by atoms with E-state index in [9.17, 15) is 18.0 Å². The second-order valence-electron chi connectivity index (χ2n) is 10.6. The number of rotatable bonds is 7. The van der Waals surface area contributed by atoms with Crippen LogP contribution in [-0.2, 0) is 26.0 Å². The lowest BCUT2D eigenvalue weighted by Crippen LogP contribution is -2.51. The van der Waals surface area contributed by atoms with E-state index in [0.717, 1.165) is 60.9 Å². The van der Waals surface area contributed by atoms with Crippen molar-refractivity contribution in [1.29, 1.82) is 0 Å². The highest BCUT2D eigenvalue weighted by Gasteiger charge is 2.37. The Morgan fingerprint density at radius 3 is 2.62 bits per heavy atom. The van der Waals surface area contributed by atoms with Crippen molar-refractivity contribution in [2.75, 3.05) is 26.2 Å². The Kier molecular flexibility index (Phi) is 8.06. The van der Waals surface area contributed by atoms with Crippen LogP contribution in [0.3, 0.4) is 0 Å². The Morgan fingerprint density at radius 1 is 1.13 bits per heavy atom. The molecular weight excluding hydrogens is 514 g/mol. The molecule has 5 rings (SSSR count). The van der Waals surface area contributed by atoms with Crippen LogP contribution < -0.4 is 16.0 Å². The third kappa shape index (κ3) is 5.88. The van der Waals surface area contributed by atoms with Crippen LogP contribution in [0.1, 0.15) is 60.5 Å². The van der Waals surface area contributed by atoms with Crippen LogP contribution in [0.2, 0.25) is 0 Å². The van der Waals surface area contributed by atoms with Crippen LogP contribution in [0, 0.1) is 6.92 Å². The SMILES string of the molecule is Cc1ccc(S(=O)(=O)N2C=CNC(=O)[C@H]2CC(=O)N[C@@H]2CCCc3cc(C(C)N4CCNCC4)ccc32)cc1. The molecule has 39 heavy (non-hydrogen) atoms. The summed E-state index contributed by atoms with van der Waals surface area (Å²) in [5.41, 5.74) is 4.55. The number of hydrogen-bond acceptors (Lipinski definition) is 6. The number of carbonyl (C=O) groups is 2. The molecule has 1 aliphatic carbocycles. The van der Waals surface area contributed by atoms with Crippen molar-refractivity contribution in [3.63, 3.8) is 0 Å². The fraction of sp³-hybridized carbons (Fsp3) is 0.448. The molecule has 3 aliphatic rings. The largest absolute Gasteiger partial charge is 0.349 e. The molecule has 0 saturated carbocycles. The maximum absolute atomic E-state index is 13.3. The van der Waals surface area contributed by atoms with Gasteiger partial charge in [0.1, 0.15) is 6.04 Å². The molecule has 0 radical (unpaired) electrons. The first kappa shape index (κ1) is 27.4. The first-order chi connectivity index (χ1) is 18.7. The van der Waals surface area contributed by atoms with E-state index >= 15 is 0 Å². The van der Waals surface area contributed by atoms with E-state index in [1.165, 1.54) is 35.7 Å². The molecular formula is C29H37N5O4S. The van der Waals surface area contributed by atoms with Gasteiger partial charge in [0.2, 0.25) is 11.8 Å². The van der Waals surface area contributed by atoms with Gasteiger partial charge in [0, 0.05) is 44.6 Å². The summed E-state index contributed by atoms with van der Waals surface area (Å²) in [5, 5.41) is 9.04. The van der Waals surface area contributed by atoms with Gasteiger partial charge in [0.25, 0.3) is 10.0 Å². The third-order valence-electron chi connectivity index (χ3n) is 8.03. The fourth-order valence-corrected chi connectivity index (χ4v) is 7.17. The van der Waals surface area contributed by atoms with Gasteiger partial charge in [0.15, 0.2) is 0 Å². The quantitative estimate of drug-likeness (QED) is 0.488. The van der Waals surface area contributed by atoms with E-state index in [2.05, 4.69) is 46.0 Å². The molecule has 1 fully saturated rings. The molecule has 2 aromatic rings. The van der Waals surface area contributed by atoms with Gasteiger partial charge < -0.3 is 16.0 Å². The van der Waals surface area contributed by atoms with Gasteiger partial charge in [-0.15, -0.1) is 0 Å². The monoisotopic (exact) mass is 551 g/mol. The van der Waals surface area contributed by atoms with Crippen molar-refractivity contribution in [2.24, 2.45) is 0 Å². The van der Waals surface area contributed by atoms with Crippen molar-refractivity contribution in [3.8, 4) is 0 Å². The molecule has 10 heteroatoms. The number of fused-ring (bicyclic) bond motifs is 1. The number of piperazine rings is 1. The van der Waals surface area contributed by atoms with Crippen LogP contribution in [0.5, 0.6) is 0 Å². The van der Waals surface area contributed by atoms with Crippen LogP contribution in [0.4, 0.5) is 0 Å². The average Bonchev–Trinajstić information content (AvgIpc) is 2.94. The van der Waals surface area contributed by atoms with Crippen LogP contribution in [0.15, 0.2) is 59.8 Å². The van der Waals surface area contributed by atoms with E-state index in [4.69, 9.17) is 0 Å². The minimum absolute atomic E-state index is 0.0740. The highest BCUT2D eigenvalue weighted by atomic mass is 32.2. The third-order valence-corrected chi connectivity index (χ3v) is 9.83. The summed E-state index contributed by atoms with van der Waals surface area (Å²) in [6, 6.07) is 12.0. The fourth-order valence-electron chi connectivity index (χ4n) is 5.72. The van der Waals surface area contributed by atoms with E-state index in [-0.39, 0.29) is 23.3 Å². The maximum Gasteiger partial charge on any atom is 0.264 e. The van der Waals surface area contributed by atoms with Crippen molar-refractivity contribution >= 4 is 21.8 Å². The van der Waals surface area contributed by atoms with Gasteiger partial charge in [0.05, 0.1) is 17.4 Å².